The summed E-state index contributed by atoms with van der Waals surface area (Å²) < 4.78 is 25.4. The summed E-state index contributed by atoms with van der Waals surface area (Å²) in [6, 6.07) is 3.37. The monoisotopic (exact) mass is 364 g/mol. The lowest BCUT2D eigenvalue weighted by Crippen LogP contribution is -2.43. The van der Waals surface area contributed by atoms with Crippen LogP contribution in [0.1, 0.15) is 39.2 Å². The maximum Gasteiger partial charge on any atom is 0.410 e. The Hall–Kier alpha value is -2.31. The summed E-state index contributed by atoms with van der Waals surface area (Å²) in [6.07, 6.45) is 1.94. The SMILES string of the molecule is CC(C)(C)OC(=O)N1CCCC(Cc2ccc3c(c2F)NC(=O)CO3)C1. The van der Waals surface area contributed by atoms with E-state index in [0.29, 0.717) is 30.8 Å². The second-order valence-corrected chi connectivity index (χ2v) is 7.89. The molecule has 1 aromatic carbocycles. The molecule has 7 heteroatoms. The van der Waals surface area contributed by atoms with Crippen molar-refractivity contribution < 1.29 is 23.5 Å². The number of nitrogens with zero attached hydrogens (tertiary/aromatic N) is 1. The van der Waals surface area contributed by atoms with Crippen molar-refractivity contribution in [1.82, 2.24) is 4.90 Å². The molecule has 6 nitrogen and oxygen atoms in total. The number of anilines is 1. The van der Waals surface area contributed by atoms with Crippen LogP contribution in [0.2, 0.25) is 0 Å². The number of rotatable bonds is 2. The third kappa shape index (κ3) is 4.26. The van der Waals surface area contributed by atoms with Gasteiger partial charge in [-0.25, -0.2) is 9.18 Å². The van der Waals surface area contributed by atoms with E-state index in [1.54, 1.807) is 17.0 Å². The molecule has 1 aromatic rings. The fraction of sp³-hybridized carbons (Fsp3) is 0.579. The molecule has 2 aliphatic heterocycles. The van der Waals surface area contributed by atoms with Crippen LogP contribution in [-0.4, -0.2) is 42.2 Å². The van der Waals surface area contributed by atoms with Gasteiger partial charge in [-0.15, -0.1) is 0 Å². The lowest BCUT2D eigenvalue weighted by Gasteiger charge is -2.34. The van der Waals surface area contributed by atoms with Crippen molar-refractivity contribution in [2.75, 3.05) is 25.0 Å². The van der Waals surface area contributed by atoms with Crippen molar-refractivity contribution >= 4 is 17.7 Å². The molecule has 2 heterocycles. The van der Waals surface area contributed by atoms with Gasteiger partial charge in [0, 0.05) is 13.1 Å². The van der Waals surface area contributed by atoms with E-state index in [-0.39, 0.29) is 30.2 Å². The van der Waals surface area contributed by atoms with Gasteiger partial charge in [-0.3, -0.25) is 4.79 Å². The highest BCUT2D eigenvalue weighted by Gasteiger charge is 2.29. The number of hydrogen-bond donors (Lipinski definition) is 1. The van der Waals surface area contributed by atoms with Crippen LogP contribution >= 0.6 is 0 Å². The van der Waals surface area contributed by atoms with Crippen LogP contribution in [0.25, 0.3) is 0 Å². The van der Waals surface area contributed by atoms with E-state index in [9.17, 15) is 14.0 Å². The van der Waals surface area contributed by atoms with Gasteiger partial charge in [0.2, 0.25) is 0 Å². The Morgan fingerprint density at radius 2 is 2.19 bits per heavy atom. The lowest BCUT2D eigenvalue weighted by molar-refractivity contribution is -0.118. The quantitative estimate of drug-likeness (QED) is 0.874. The normalized spacial score (nSPS) is 20.1. The maximum atomic E-state index is 14.8. The molecule has 0 spiro atoms. The minimum absolute atomic E-state index is 0.0980. The molecule has 3 rings (SSSR count). The molecular weight excluding hydrogens is 339 g/mol. The van der Waals surface area contributed by atoms with Crippen LogP contribution in [0.5, 0.6) is 5.75 Å². The van der Waals surface area contributed by atoms with Crippen molar-refractivity contribution in [3.8, 4) is 5.75 Å². The zero-order valence-corrected chi connectivity index (χ0v) is 15.4. The highest BCUT2D eigenvalue weighted by Crippen LogP contribution is 2.34. The first-order valence-electron chi connectivity index (χ1n) is 8.95. The van der Waals surface area contributed by atoms with E-state index in [4.69, 9.17) is 9.47 Å². The van der Waals surface area contributed by atoms with Gasteiger partial charge in [-0.1, -0.05) is 6.07 Å². The van der Waals surface area contributed by atoms with Gasteiger partial charge in [0.1, 0.15) is 17.0 Å². The fourth-order valence-corrected chi connectivity index (χ4v) is 3.35. The van der Waals surface area contributed by atoms with Crippen LogP contribution in [0.3, 0.4) is 0 Å². The molecule has 2 aliphatic rings. The number of carbonyl (C=O) groups is 2. The summed E-state index contributed by atoms with van der Waals surface area (Å²) >= 11 is 0. The van der Waals surface area contributed by atoms with Crippen molar-refractivity contribution in [2.45, 2.75) is 45.6 Å². The van der Waals surface area contributed by atoms with Crippen LogP contribution in [0, 0.1) is 11.7 Å². The average molecular weight is 364 g/mol. The molecule has 142 valence electrons. The number of amides is 2. The third-order valence-electron chi connectivity index (χ3n) is 4.49. The van der Waals surface area contributed by atoms with E-state index in [1.165, 1.54) is 0 Å². The Morgan fingerprint density at radius 1 is 1.42 bits per heavy atom. The van der Waals surface area contributed by atoms with Crippen molar-refractivity contribution in [3.63, 3.8) is 0 Å². The average Bonchev–Trinajstić information content (AvgIpc) is 2.57. The van der Waals surface area contributed by atoms with Gasteiger partial charge >= 0.3 is 6.09 Å². The second kappa shape index (κ2) is 7.13. The van der Waals surface area contributed by atoms with E-state index in [0.717, 1.165) is 12.8 Å². The summed E-state index contributed by atoms with van der Waals surface area (Å²) in [5.41, 5.74) is 0.0940. The summed E-state index contributed by atoms with van der Waals surface area (Å²) in [5, 5.41) is 2.54. The van der Waals surface area contributed by atoms with E-state index < -0.39 is 11.4 Å². The van der Waals surface area contributed by atoms with Crippen LogP contribution in [0.4, 0.5) is 14.9 Å². The number of fused-ring (bicyclic) bond motifs is 1. The van der Waals surface area contributed by atoms with E-state index in [1.807, 2.05) is 20.8 Å². The highest BCUT2D eigenvalue weighted by atomic mass is 19.1. The minimum Gasteiger partial charge on any atom is -0.481 e. The first kappa shape index (κ1) is 18.5. The standard InChI is InChI=1S/C19H25FN2O4/c1-19(2,3)26-18(24)22-8-4-5-12(10-22)9-13-6-7-14-17(16(13)20)21-15(23)11-25-14/h6-7,12H,4-5,8-11H2,1-3H3,(H,21,23). The number of ether oxygens (including phenoxy) is 2. The number of benzene rings is 1. The molecule has 0 aliphatic carbocycles. The van der Waals surface area contributed by atoms with Gasteiger partial charge in [0.25, 0.3) is 5.91 Å². The molecule has 0 saturated carbocycles. The smallest absolute Gasteiger partial charge is 0.410 e. The number of likely N-dealkylation sites (tertiary alicyclic amines) is 1. The number of nitrogens with one attached hydrogen (secondary N) is 1. The highest BCUT2D eigenvalue weighted by molar-refractivity contribution is 5.95. The fourth-order valence-electron chi connectivity index (χ4n) is 3.35. The zero-order valence-electron chi connectivity index (χ0n) is 15.4. The number of hydrogen-bond acceptors (Lipinski definition) is 4. The second-order valence-electron chi connectivity index (χ2n) is 7.89. The van der Waals surface area contributed by atoms with Crippen molar-refractivity contribution in [1.29, 1.82) is 0 Å². The number of carbonyl (C=O) groups excluding carboxylic acids is 2. The van der Waals surface area contributed by atoms with Crippen LogP contribution < -0.4 is 10.1 Å². The zero-order chi connectivity index (χ0) is 18.9. The van der Waals surface area contributed by atoms with E-state index in [2.05, 4.69) is 5.32 Å². The Morgan fingerprint density at radius 3 is 2.92 bits per heavy atom. The Labute approximate surface area is 152 Å². The van der Waals surface area contributed by atoms with Crippen molar-refractivity contribution in [3.05, 3.63) is 23.5 Å². The van der Waals surface area contributed by atoms with Gasteiger partial charge in [0.05, 0.1) is 0 Å². The lowest BCUT2D eigenvalue weighted by atomic mass is 9.91. The maximum absolute atomic E-state index is 14.8. The molecular formula is C19H25FN2O4. The number of halogens is 1. The van der Waals surface area contributed by atoms with Gasteiger partial charge < -0.3 is 19.7 Å². The van der Waals surface area contributed by atoms with Gasteiger partial charge in [0.15, 0.2) is 12.4 Å². The molecule has 1 saturated heterocycles. The van der Waals surface area contributed by atoms with Gasteiger partial charge in [-0.2, -0.15) is 0 Å². The molecule has 0 radical (unpaired) electrons. The molecule has 0 bridgehead atoms. The third-order valence-corrected chi connectivity index (χ3v) is 4.49. The first-order valence-corrected chi connectivity index (χ1v) is 8.95. The van der Waals surface area contributed by atoms with Crippen LogP contribution in [0.15, 0.2) is 12.1 Å². The van der Waals surface area contributed by atoms with Crippen molar-refractivity contribution in [2.24, 2.45) is 5.92 Å². The Kier molecular flexibility index (Phi) is 5.07. The molecule has 26 heavy (non-hydrogen) atoms. The minimum atomic E-state index is -0.535. The molecule has 1 fully saturated rings. The largest absolute Gasteiger partial charge is 0.481 e. The molecule has 2 amide bonds. The predicted octanol–water partition coefficient (Wildman–Crippen LogP) is 3.35. The number of piperidine rings is 1. The summed E-state index contributed by atoms with van der Waals surface area (Å²) in [5.74, 6) is -0.318. The first-order chi connectivity index (χ1) is 12.2. The molecule has 0 aromatic heterocycles. The predicted molar refractivity (Wildman–Crippen MR) is 94.8 cm³/mol. The molecule has 1 atom stereocenters. The summed E-state index contributed by atoms with van der Waals surface area (Å²) in [7, 11) is 0. The Balaban J connectivity index is 1.68. The molecule has 1 N–H and O–H groups in total. The van der Waals surface area contributed by atoms with E-state index >= 15 is 0 Å². The Bertz CT molecular complexity index is 714. The summed E-state index contributed by atoms with van der Waals surface area (Å²) in [6.45, 7) is 6.61. The molecule has 1 unspecified atom stereocenters. The topological polar surface area (TPSA) is 67.9 Å². The summed E-state index contributed by atoms with van der Waals surface area (Å²) in [4.78, 5) is 25.4. The van der Waals surface area contributed by atoms with Gasteiger partial charge in [-0.05, 0) is 57.6 Å². The van der Waals surface area contributed by atoms with Crippen LogP contribution in [-0.2, 0) is 16.0 Å².